The van der Waals surface area contributed by atoms with Gasteiger partial charge in [-0.1, -0.05) is 44.1 Å². The first-order valence-electron chi connectivity index (χ1n) is 15.3. The van der Waals surface area contributed by atoms with Crippen LogP contribution in [0.15, 0.2) is 23.8 Å². The molecule has 0 amide bonds. The average molecular weight is 601 g/mol. The van der Waals surface area contributed by atoms with Crippen molar-refractivity contribution in [2.45, 2.75) is 114 Å². The van der Waals surface area contributed by atoms with Crippen LogP contribution < -0.4 is 0 Å². The fourth-order valence-corrected chi connectivity index (χ4v) is 8.01. The number of allylic oxidation sites excluding steroid dienone is 2. The summed E-state index contributed by atoms with van der Waals surface area (Å²) in [6, 6.07) is 0. The molecule has 2 saturated carbocycles. The van der Waals surface area contributed by atoms with E-state index in [0.29, 0.717) is 18.4 Å². The second-order valence-corrected chi connectivity index (χ2v) is 13.6. The van der Waals surface area contributed by atoms with Crippen molar-refractivity contribution in [2.24, 2.45) is 22.7 Å². The highest BCUT2D eigenvalue weighted by molar-refractivity contribution is 5.17. The Hall–Kier alpha value is -0.960. The largest absolute Gasteiger partial charge is 0.393 e. The molecular weight excluding hydrogens is 548 g/mol. The summed E-state index contributed by atoms with van der Waals surface area (Å²) in [5, 5.41) is 70.9. The molecule has 12 atom stereocenters. The quantitative estimate of drug-likeness (QED) is 0.167. The maximum atomic E-state index is 10.7. The first-order valence-corrected chi connectivity index (χ1v) is 15.3. The molecule has 42 heavy (non-hydrogen) atoms. The fourth-order valence-electron chi connectivity index (χ4n) is 8.01. The molecule has 0 radical (unpaired) electrons. The summed E-state index contributed by atoms with van der Waals surface area (Å²) in [6.45, 7) is 10.1. The van der Waals surface area contributed by atoms with Gasteiger partial charge in [-0.15, -0.1) is 0 Å². The van der Waals surface area contributed by atoms with Crippen LogP contribution in [0.2, 0.25) is 0 Å². The highest BCUT2D eigenvalue weighted by atomic mass is 16.7. The van der Waals surface area contributed by atoms with Crippen LogP contribution in [0, 0.1) is 22.7 Å². The van der Waals surface area contributed by atoms with Gasteiger partial charge in [0.05, 0.1) is 33.0 Å². The predicted octanol–water partition coefficient (Wildman–Crippen LogP) is 0.766. The second-order valence-electron chi connectivity index (χ2n) is 13.6. The van der Waals surface area contributed by atoms with E-state index in [-0.39, 0.29) is 30.7 Å². The normalized spacial score (nSPS) is 46.6. The Morgan fingerprint density at radius 3 is 2.45 bits per heavy atom. The fraction of sp³-hybridized carbons (Fsp3) is 0.871. The Balaban J connectivity index is 1.41. The molecule has 0 aromatic carbocycles. The Morgan fingerprint density at radius 1 is 1.05 bits per heavy atom. The van der Waals surface area contributed by atoms with Crippen LogP contribution in [0.25, 0.3) is 0 Å². The van der Waals surface area contributed by atoms with Crippen molar-refractivity contribution in [1.29, 1.82) is 0 Å². The van der Waals surface area contributed by atoms with Gasteiger partial charge in [-0.2, -0.15) is 0 Å². The van der Waals surface area contributed by atoms with Crippen LogP contribution in [0.1, 0.15) is 65.7 Å². The number of hydrogen-bond acceptors (Lipinski definition) is 11. The molecule has 0 aromatic rings. The predicted molar refractivity (Wildman–Crippen MR) is 152 cm³/mol. The van der Waals surface area contributed by atoms with Gasteiger partial charge < -0.3 is 54.7 Å². The number of rotatable bonds is 11. The second kappa shape index (κ2) is 13.6. The molecule has 2 aliphatic heterocycles. The summed E-state index contributed by atoms with van der Waals surface area (Å²) in [6.07, 6.45) is -0.877. The zero-order valence-electron chi connectivity index (χ0n) is 25.2. The molecule has 242 valence electrons. The molecule has 2 aliphatic carbocycles. The molecule has 0 aromatic heterocycles. The van der Waals surface area contributed by atoms with Crippen LogP contribution in [-0.4, -0.2) is 117 Å². The van der Waals surface area contributed by atoms with Crippen molar-refractivity contribution in [3.8, 4) is 0 Å². The first kappa shape index (κ1) is 33.9. The lowest BCUT2D eigenvalue weighted by molar-refractivity contribution is -0.317. The van der Waals surface area contributed by atoms with Crippen LogP contribution in [0.5, 0.6) is 0 Å². The number of aliphatic hydroxyl groups excluding tert-OH is 6. The highest BCUT2D eigenvalue weighted by Gasteiger charge is 2.55. The van der Waals surface area contributed by atoms with Crippen LogP contribution in [0.3, 0.4) is 0 Å². The summed E-state index contributed by atoms with van der Waals surface area (Å²) in [5.41, 5.74) is 0.423. The maximum absolute atomic E-state index is 10.7. The molecule has 4 rings (SSSR count). The lowest BCUT2D eigenvalue weighted by Gasteiger charge is -2.59. The van der Waals surface area contributed by atoms with Crippen molar-refractivity contribution < 1.29 is 54.7 Å². The van der Waals surface area contributed by atoms with Crippen molar-refractivity contribution in [3.63, 3.8) is 0 Å². The van der Waals surface area contributed by atoms with Gasteiger partial charge in [0.1, 0.15) is 36.1 Å². The molecule has 0 bridgehead atoms. The van der Waals surface area contributed by atoms with E-state index in [9.17, 15) is 35.7 Å². The molecule has 11 heteroatoms. The lowest BCUT2D eigenvalue weighted by atomic mass is 9.47. The third-order valence-electron chi connectivity index (χ3n) is 10.7. The van der Waals surface area contributed by atoms with Gasteiger partial charge in [0.2, 0.25) is 0 Å². The van der Waals surface area contributed by atoms with E-state index in [0.717, 1.165) is 44.9 Å². The monoisotopic (exact) mass is 600 g/mol. The summed E-state index contributed by atoms with van der Waals surface area (Å²) in [7, 11) is 0. The van der Waals surface area contributed by atoms with E-state index in [1.165, 1.54) is 11.1 Å². The molecule has 4 aliphatic rings. The van der Waals surface area contributed by atoms with Crippen molar-refractivity contribution >= 4 is 0 Å². The summed E-state index contributed by atoms with van der Waals surface area (Å²) in [4.78, 5) is 0. The van der Waals surface area contributed by atoms with Gasteiger partial charge in [0.15, 0.2) is 12.6 Å². The SMILES string of the molecule is C=C1CCC2C(C)(COC3OC(COC4OCC(O)(CO)C4O)C(O)C(O)C3O)CCCC2(C)C1CCC(C)=CCO. The Labute approximate surface area is 248 Å². The van der Waals surface area contributed by atoms with Crippen molar-refractivity contribution in [2.75, 3.05) is 33.0 Å². The zero-order chi connectivity index (χ0) is 30.9. The first-order chi connectivity index (χ1) is 19.8. The summed E-state index contributed by atoms with van der Waals surface area (Å²) >= 11 is 0. The number of ether oxygens (including phenoxy) is 4. The van der Waals surface area contributed by atoms with Gasteiger partial charge in [0.25, 0.3) is 0 Å². The number of hydrogen-bond donors (Lipinski definition) is 7. The van der Waals surface area contributed by atoms with Gasteiger partial charge in [0, 0.05) is 0 Å². The van der Waals surface area contributed by atoms with Crippen LogP contribution in [0.4, 0.5) is 0 Å². The minimum Gasteiger partial charge on any atom is -0.393 e. The Bertz CT molecular complexity index is 959. The molecule has 7 N–H and O–H groups in total. The molecular formula is C31H52O11. The van der Waals surface area contributed by atoms with E-state index < -0.39 is 55.3 Å². The molecule has 4 fully saturated rings. The molecule has 2 heterocycles. The smallest absolute Gasteiger partial charge is 0.186 e. The Morgan fingerprint density at radius 2 is 1.79 bits per heavy atom. The van der Waals surface area contributed by atoms with E-state index in [4.69, 9.17) is 18.9 Å². The molecule has 0 spiro atoms. The lowest BCUT2D eigenvalue weighted by Crippen LogP contribution is -2.60. The van der Waals surface area contributed by atoms with E-state index in [1.54, 1.807) is 0 Å². The van der Waals surface area contributed by atoms with Crippen molar-refractivity contribution in [3.05, 3.63) is 23.8 Å². The molecule has 11 nitrogen and oxygen atoms in total. The number of aliphatic hydroxyl groups is 7. The molecule has 12 unspecified atom stereocenters. The van der Waals surface area contributed by atoms with Crippen LogP contribution in [-0.2, 0) is 18.9 Å². The van der Waals surface area contributed by atoms with Gasteiger partial charge >= 0.3 is 0 Å². The van der Waals surface area contributed by atoms with E-state index >= 15 is 0 Å². The minimum absolute atomic E-state index is 0.0297. The third kappa shape index (κ3) is 6.67. The summed E-state index contributed by atoms with van der Waals surface area (Å²) in [5.74, 6) is 0.697. The molecule has 2 saturated heterocycles. The van der Waals surface area contributed by atoms with Gasteiger partial charge in [-0.25, -0.2) is 0 Å². The topological polar surface area (TPSA) is 179 Å². The standard InChI is InChI=1S/C31H52O11/c1-18(10-13-32)6-8-20-19(2)7-9-22-29(3,11-5-12-30(20,22)4)16-40-27-25(36)24(35)23(34)21(42-27)14-39-28-26(37)31(38,15-33)17-41-28/h10,20-28,32-38H,2,5-9,11-17H2,1,3-4H3. The van der Waals surface area contributed by atoms with Gasteiger partial charge in [-0.05, 0) is 68.1 Å². The van der Waals surface area contributed by atoms with Crippen LogP contribution >= 0.6 is 0 Å². The summed E-state index contributed by atoms with van der Waals surface area (Å²) < 4.78 is 22.9. The minimum atomic E-state index is -1.86. The number of fused-ring (bicyclic) bond motifs is 1. The van der Waals surface area contributed by atoms with Gasteiger partial charge in [-0.3, -0.25) is 0 Å². The van der Waals surface area contributed by atoms with E-state index in [2.05, 4.69) is 27.4 Å². The average Bonchev–Trinajstić information content (AvgIpc) is 3.24. The maximum Gasteiger partial charge on any atom is 0.186 e. The highest BCUT2D eigenvalue weighted by Crippen LogP contribution is 2.62. The zero-order valence-corrected chi connectivity index (χ0v) is 25.2. The van der Waals surface area contributed by atoms with E-state index in [1.807, 2.05) is 6.08 Å². The third-order valence-corrected chi connectivity index (χ3v) is 10.7. The Kier molecular flexibility index (Phi) is 11.0. The van der Waals surface area contributed by atoms with Crippen molar-refractivity contribution in [1.82, 2.24) is 0 Å².